The Bertz CT molecular complexity index is 563. The van der Waals surface area contributed by atoms with Gasteiger partial charge in [0.15, 0.2) is 5.82 Å². The van der Waals surface area contributed by atoms with Crippen LogP contribution in [-0.4, -0.2) is 14.8 Å². The van der Waals surface area contributed by atoms with Crippen molar-refractivity contribution >= 4 is 11.6 Å². The van der Waals surface area contributed by atoms with Gasteiger partial charge in [0, 0.05) is 12.6 Å². The first kappa shape index (κ1) is 12.9. The second-order valence-electron chi connectivity index (χ2n) is 3.68. The number of nitrogens with zero attached hydrogens (tertiary/aromatic N) is 3. The van der Waals surface area contributed by atoms with Crippen LogP contribution < -0.4 is 0 Å². The van der Waals surface area contributed by atoms with E-state index in [9.17, 15) is 13.2 Å². The van der Waals surface area contributed by atoms with Gasteiger partial charge in [0.1, 0.15) is 5.82 Å². The summed E-state index contributed by atoms with van der Waals surface area (Å²) in [6, 6.07) is 5.25. The molecule has 7 heteroatoms. The molecule has 0 radical (unpaired) electrons. The van der Waals surface area contributed by atoms with Gasteiger partial charge in [0.2, 0.25) is 0 Å². The molecule has 3 nitrogen and oxygen atoms in total. The van der Waals surface area contributed by atoms with Crippen LogP contribution in [0.3, 0.4) is 0 Å². The highest BCUT2D eigenvalue weighted by molar-refractivity contribution is 6.16. The molecule has 1 aromatic heterocycles. The summed E-state index contributed by atoms with van der Waals surface area (Å²) in [5.74, 6) is 0.666. The standard InChI is InChI=1S/C11H9ClF3N3/c1-18-9(6-12)16-17-10(18)7-4-2-3-5-8(7)11(13,14)15/h2-5H,6H2,1H3. The van der Waals surface area contributed by atoms with Crippen molar-refractivity contribution in [1.29, 1.82) is 0 Å². The fourth-order valence-electron chi connectivity index (χ4n) is 1.64. The van der Waals surface area contributed by atoms with Crippen LogP contribution in [-0.2, 0) is 19.1 Å². The van der Waals surface area contributed by atoms with E-state index in [1.807, 2.05) is 0 Å². The Kier molecular flexibility index (Phi) is 3.30. The number of aromatic nitrogens is 3. The average Bonchev–Trinajstić information content (AvgIpc) is 2.69. The predicted molar refractivity (Wildman–Crippen MR) is 61.0 cm³/mol. The van der Waals surface area contributed by atoms with Crippen LogP contribution in [0.4, 0.5) is 13.2 Å². The Balaban J connectivity index is 2.61. The van der Waals surface area contributed by atoms with Crippen LogP contribution in [0.5, 0.6) is 0 Å². The van der Waals surface area contributed by atoms with Crippen molar-refractivity contribution in [2.45, 2.75) is 12.1 Å². The number of hydrogen-bond donors (Lipinski definition) is 0. The van der Waals surface area contributed by atoms with Crippen molar-refractivity contribution in [3.8, 4) is 11.4 Å². The molecule has 2 rings (SSSR count). The van der Waals surface area contributed by atoms with Gasteiger partial charge in [0.25, 0.3) is 0 Å². The van der Waals surface area contributed by atoms with Gasteiger partial charge in [-0.05, 0) is 6.07 Å². The number of halogens is 4. The molecular formula is C11H9ClF3N3. The second-order valence-corrected chi connectivity index (χ2v) is 3.94. The van der Waals surface area contributed by atoms with E-state index in [1.54, 1.807) is 7.05 Å². The third-order valence-corrected chi connectivity index (χ3v) is 2.80. The monoisotopic (exact) mass is 275 g/mol. The number of benzene rings is 1. The van der Waals surface area contributed by atoms with Crippen LogP contribution in [0.15, 0.2) is 24.3 Å². The van der Waals surface area contributed by atoms with Gasteiger partial charge in [-0.3, -0.25) is 0 Å². The molecular weight excluding hydrogens is 267 g/mol. The largest absolute Gasteiger partial charge is 0.417 e. The molecule has 0 spiro atoms. The lowest BCUT2D eigenvalue weighted by Crippen LogP contribution is -2.08. The molecule has 0 bridgehead atoms. The molecule has 2 aromatic rings. The van der Waals surface area contributed by atoms with E-state index in [2.05, 4.69) is 10.2 Å². The molecule has 1 heterocycles. The SMILES string of the molecule is Cn1c(CCl)nnc1-c1ccccc1C(F)(F)F. The van der Waals surface area contributed by atoms with Gasteiger partial charge in [0.05, 0.1) is 11.4 Å². The molecule has 0 saturated heterocycles. The first-order valence-corrected chi connectivity index (χ1v) is 5.59. The fourth-order valence-corrected chi connectivity index (χ4v) is 1.87. The van der Waals surface area contributed by atoms with Gasteiger partial charge in [-0.15, -0.1) is 21.8 Å². The number of rotatable bonds is 2. The quantitative estimate of drug-likeness (QED) is 0.788. The van der Waals surface area contributed by atoms with Gasteiger partial charge in [-0.1, -0.05) is 18.2 Å². The zero-order valence-electron chi connectivity index (χ0n) is 9.37. The van der Waals surface area contributed by atoms with Gasteiger partial charge >= 0.3 is 6.18 Å². The van der Waals surface area contributed by atoms with Crippen molar-refractivity contribution < 1.29 is 13.2 Å². The van der Waals surface area contributed by atoms with Crippen molar-refractivity contribution in [2.75, 3.05) is 0 Å². The maximum atomic E-state index is 12.9. The maximum absolute atomic E-state index is 12.9. The Morgan fingerprint density at radius 3 is 2.44 bits per heavy atom. The van der Waals surface area contributed by atoms with Crippen LogP contribution in [0, 0.1) is 0 Å². The molecule has 0 unspecified atom stereocenters. The normalized spacial score (nSPS) is 11.8. The molecule has 0 atom stereocenters. The van der Waals surface area contributed by atoms with Gasteiger partial charge < -0.3 is 4.57 Å². The highest BCUT2D eigenvalue weighted by atomic mass is 35.5. The molecule has 96 valence electrons. The topological polar surface area (TPSA) is 30.7 Å². The Morgan fingerprint density at radius 2 is 1.89 bits per heavy atom. The Labute approximate surface area is 106 Å². The molecule has 1 aromatic carbocycles. The molecule has 0 amide bonds. The van der Waals surface area contributed by atoms with E-state index in [0.29, 0.717) is 5.82 Å². The summed E-state index contributed by atoms with van der Waals surface area (Å²) in [5.41, 5.74) is -0.738. The summed E-state index contributed by atoms with van der Waals surface area (Å²) in [6.45, 7) is 0. The fraction of sp³-hybridized carbons (Fsp3) is 0.273. The van der Waals surface area contributed by atoms with Gasteiger partial charge in [-0.2, -0.15) is 13.2 Å². The minimum Gasteiger partial charge on any atom is -0.313 e. The molecule has 0 saturated carbocycles. The van der Waals surface area contributed by atoms with Crippen LogP contribution >= 0.6 is 11.6 Å². The van der Waals surface area contributed by atoms with Crippen molar-refractivity contribution in [2.24, 2.45) is 7.05 Å². The second kappa shape index (κ2) is 4.61. The first-order chi connectivity index (χ1) is 8.45. The Hall–Kier alpha value is -1.56. The van der Waals surface area contributed by atoms with Crippen LogP contribution in [0.25, 0.3) is 11.4 Å². The number of alkyl halides is 4. The van der Waals surface area contributed by atoms with E-state index >= 15 is 0 Å². The Morgan fingerprint density at radius 1 is 1.22 bits per heavy atom. The minimum absolute atomic E-state index is 0.00336. The van der Waals surface area contributed by atoms with Crippen molar-refractivity contribution in [3.05, 3.63) is 35.7 Å². The molecule has 18 heavy (non-hydrogen) atoms. The average molecular weight is 276 g/mol. The molecule has 0 aliphatic heterocycles. The van der Waals surface area contributed by atoms with E-state index in [1.165, 1.54) is 22.8 Å². The lowest BCUT2D eigenvalue weighted by molar-refractivity contribution is -0.137. The minimum atomic E-state index is -4.43. The summed E-state index contributed by atoms with van der Waals surface area (Å²) >= 11 is 5.62. The van der Waals surface area contributed by atoms with E-state index in [0.717, 1.165) is 6.07 Å². The highest BCUT2D eigenvalue weighted by Gasteiger charge is 2.34. The smallest absolute Gasteiger partial charge is 0.313 e. The van der Waals surface area contributed by atoms with Crippen LogP contribution in [0.2, 0.25) is 0 Å². The zero-order valence-corrected chi connectivity index (χ0v) is 10.1. The molecule has 0 fully saturated rings. The molecule has 0 N–H and O–H groups in total. The third-order valence-electron chi connectivity index (χ3n) is 2.56. The third kappa shape index (κ3) is 2.20. The lowest BCUT2D eigenvalue weighted by atomic mass is 10.1. The lowest BCUT2D eigenvalue weighted by Gasteiger charge is -2.11. The number of hydrogen-bond acceptors (Lipinski definition) is 2. The molecule has 0 aliphatic carbocycles. The summed E-state index contributed by atoms with van der Waals surface area (Å²) in [6.07, 6.45) is -4.43. The summed E-state index contributed by atoms with van der Waals surface area (Å²) < 4.78 is 40.1. The maximum Gasteiger partial charge on any atom is 0.417 e. The van der Waals surface area contributed by atoms with Crippen molar-refractivity contribution in [1.82, 2.24) is 14.8 Å². The predicted octanol–water partition coefficient (Wildman–Crippen LogP) is 3.24. The summed E-state index contributed by atoms with van der Waals surface area (Å²) in [5, 5.41) is 7.51. The van der Waals surface area contributed by atoms with E-state index in [-0.39, 0.29) is 17.3 Å². The zero-order chi connectivity index (χ0) is 13.3. The van der Waals surface area contributed by atoms with Crippen molar-refractivity contribution in [3.63, 3.8) is 0 Å². The molecule has 0 aliphatic rings. The van der Waals surface area contributed by atoms with Crippen LogP contribution in [0.1, 0.15) is 11.4 Å². The van der Waals surface area contributed by atoms with E-state index < -0.39 is 11.7 Å². The van der Waals surface area contributed by atoms with E-state index in [4.69, 9.17) is 11.6 Å². The van der Waals surface area contributed by atoms with Gasteiger partial charge in [-0.25, -0.2) is 0 Å². The summed E-state index contributed by atoms with van der Waals surface area (Å²) in [7, 11) is 1.58. The highest BCUT2D eigenvalue weighted by Crippen LogP contribution is 2.36. The summed E-state index contributed by atoms with van der Waals surface area (Å²) in [4.78, 5) is 0. The first-order valence-electron chi connectivity index (χ1n) is 5.06.